The second kappa shape index (κ2) is 10.5. The van der Waals surface area contributed by atoms with Gasteiger partial charge in [0.05, 0.1) is 11.2 Å². The van der Waals surface area contributed by atoms with E-state index in [1.807, 2.05) is 39.8 Å². The Bertz CT molecular complexity index is 1130. The van der Waals surface area contributed by atoms with Gasteiger partial charge in [0.1, 0.15) is 8.07 Å². The van der Waals surface area contributed by atoms with Crippen molar-refractivity contribution in [2.75, 3.05) is 13.9 Å². The van der Waals surface area contributed by atoms with Crippen LogP contribution in [0.2, 0.25) is 16.6 Å². The van der Waals surface area contributed by atoms with Crippen molar-refractivity contribution < 1.29 is 23.2 Å². The molecule has 0 radical (unpaired) electrons. The first-order chi connectivity index (χ1) is 16.7. The lowest BCUT2D eigenvalue weighted by molar-refractivity contribution is 0.00578. The summed E-state index contributed by atoms with van der Waals surface area (Å²) in [7, 11) is -1.17. The van der Waals surface area contributed by atoms with Crippen LogP contribution in [0, 0.1) is 17.3 Å². The standard InChI is InChI=1S/C29H42BFO4Si/c1-19(2)36(20(3)4,21(5)6)16-15-22-13-12-14-23-26(22)24(17-25(27(23)31)33-18-32-11)30-34-28(7,8)29(9,10)35-30/h12-14,17,19-21H,18H2,1-11H3. The normalized spacial score (nSPS) is 17.2. The molecule has 1 saturated heterocycles. The van der Waals surface area contributed by atoms with E-state index in [4.69, 9.17) is 18.8 Å². The van der Waals surface area contributed by atoms with Crippen LogP contribution in [-0.2, 0) is 14.0 Å². The van der Waals surface area contributed by atoms with E-state index in [1.54, 1.807) is 12.1 Å². The number of hydrogen-bond donors (Lipinski definition) is 0. The van der Waals surface area contributed by atoms with Crippen LogP contribution >= 0.6 is 0 Å². The van der Waals surface area contributed by atoms with Gasteiger partial charge in [0, 0.05) is 23.4 Å². The van der Waals surface area contributed by atoms with Gasteiger partial charge in [-0.05, 0) is 61.9 Å². The Morgan fingerprint density at radius 2 is 1.53 bits per heavy atom. The number of benzene rings is 2. The molecule has 7 heteroatoms. The Kier molecular flexibility index (Phi) is 8.37. The Balaban J connectivity index is 2.31. The molecule has 0 saturated carbocycles. The summed E-state index contributed by atoms with van der Waals surface area (Å²) < 4.78 is 39.2. The zero-order valence-corrected chi connectivity index (χ0v) is 24.8. The zero-order valence-electron chi connectivity index (χ0n) is 23.8. The molecule has 0 atom stereocenters. The second-order valence-corrected chi connectivity index (χ2v) is 17.4. The summed E-state index contributed by atoms with van der Waals surface area (Å²) in [6.45, 7) is 21.7. The van der Waals surface area contributed by atoms with Crippen LogP contribution in [0.5, 0.6) is 5.75 Å². The van der Waals surface area contributed by atoms with Gasteiger partial charge in [0.2, 0.25) is 0 Å². The monoisotopic (exact) mass is 512 g/mol. The van der Waals surface area contributed by atoms with E-state index in [2.05, 4.69) is 53.0 Å². The second-order valence-electron chi connectivity index (χ2n) is 11.8. The molecule has 0 bridgehead atoms. The van der Waals surface area contributed by atoms with Gasteiger partial charge in [0.25, 0.3) is 0 Å². The third-order valence-corrected chi connectivity index (χ3v) is 14.5. The summed E-state index contributed by atoms with van der Waals surface area (Å²) in [5.41, 5.74) is 5.69. The molecule has 196 valence electrons. The molecule has 4 nitrogen and oxygen atoms in total. The van der Waals surface area contributed by atoms with Gasteiger partial charge in [-0.1, -0.05) is 59.6 Å². The first-order valence-electron chi connectivity index (χ1n) is 12.9. The van der Waals surface area contributed by atoms with Crippen molar-refractivity contribution in [1.29, 1.82) is 0 Å². The van der Waals surface area contributed by atoms with Gasteiger partial charge in [-0.25, -0.2) is 4.39 Å². The molecule has 1 aliphatic heterocycles. The highest BCUT2D eigenvalue weighted by molar-refractivity contribution is 6.90. The van der Waals surface area contributed by atoms with Gasteiger partial charge >= 0.3 is 7.12 Å². The molecule has 1 heterocycles. The summed E-state index contributed by atoms with van der Waals surface area (Å²) in [5, 5.41) is 1.15. The van der Waals surface area contributed by atoms with Crippen molar-refractivity contribution in [3.63, 3.8) is 0 Å². The van der Waals surface area contributed by atoms with Crippen LogP contribution in [0.4, 0.5) is 4.39 Å². The molecule has 0 aromatic heterocycles. The highest BCUT2D eigenvalue weighted by Crippen LogP contribution is 2.41. The van der Waals surface area contributed by atoms with E-state index in [0.717, 1.165) is 5.56 Å². The maximum atomic E-state index is 15.7. The smallest absolute Gasteiger partial charge is 0.464 e. The lowest BCUT2D eigenvalue weighted by Gasteiger charge is -2.38. The Morgan fingerprint density at radius 3 is 2.03 bits per heavy atom. The van der Waals surface area contributed by atoms with Crippen LogP contribution in [0.25, 0.3) is 10.8 Å². The molecule has 0 spiro atoms. The largest absolute Gasteiger partial charge is 0.495 e. The highest BCUT2D eigenvalue weighted by atomic mass is 28.3. The van der Waals surface area contributed by atoms with E-state index in [1.165, 1.54) is 7.11 Å². The zero-order chi connectivity index (χ0) is 27.1. The average molecular weight is 513 g/mol. The number of methoxy groups -OCH3 is 1. The molecular formula is C29H42BFO4Si. The Hall–Kier alpha value is -1.85. The SMILES string of the molecule is COCOc1cc(B2OC(C)(C)C(C)(C)O2)c2c(C#C[Si](C(C)C)(C(C)C)C(C)C)cccc2c1F. The van der Waals surface area contributed by atoms with E-state index >= 15 is 4.39 Å². The number of halogens is 1. The summed E-state index contributed by atoms with van der Waals surface area (Å²) in [6, 6.07) is 7.27. The lowest BCUT2D eigenvalue weighted by atomic mass is 9.74. The van der Waals surface area contributed by atoms with Crippen molar-refractivity contribution >= 4 is 31.4 Å². The predicted octanol–water partition coefficient (Wildman–Crippen LogP) is 6.83. The lowest BCUT2D eigenvalue weighted by Crippen LogP contribution is -2.43. The fourth-order valence-corrected chi connectivity index (χ4v) is 10.8. The third kappa shape index (κ3) is 4.98. The number of rotatable bonds is 7. The van der Waals surface area contributed by atoms with Gasteiger partial charge in [-0.2, -0.15) is 0 Å². The van der Waals surface area contributed by atoms with Crippen molar-refractivity contribution in [1.82, 2.24) is 0 Å². The quantitative estimate of drug-likeness (QED) is 0.232. The van der Waals surface area contributed by atoms with Crippen LogP contribution in [0.15, 0.2) is 24.3 Å². The third-order valence-electron chi connectivity index (χ3n) is 8.21. The summed E-state index contributed by atoms with van der Waals surface area (Å²) in [5.74, 6) is 3.20. The molecule has 0 amide bonds. The Morgan fingerprint density at radius 1 is 0.972 bits per heavy atom. The summed E-state index contributed by atoms with van der Waals surface area (Å²) in [6.07, 6.45) is 0. The molecule has 0 N–H and O–H groups in total. The Labute approximate surface area is 218 Å². The molecule has 36 heavy (non-hydrogen) atoms. The summed E-state index contributed by atoms with van der Waals surface area (Å²) >= 11 is 0. The molecule has 1 fully saturated rings. The number of hydrogen-bond acceptors (Lipinski definition) is 4. The van der Waals surface area contributed by atoms with E-state index in [0.29, 0.717) is 32.9 Å². The molecular weight excluding hydrogens is 470 g/mol. The van der Waals surface area contributed by atoms with E-state index in [-0.39, 0.29) is 12.5 Å². The maximum absolute atomic E-state index is 15.7. The summed E-state index contributed by atoms with van der Waals surface area (Å²) in [4.78, 5) is 0. The molecule has 3 rings (SSSR count). The molecule has 1 aliphatic rings. The predicted molar refractivity (Wildman–Crippen MR) is 150 cm³/mol. The van der Waals surface area contributed by atoms with Crippen molar-refractivity contribution in [3.8, 4) is 17.2 Å². The van der Waals surface area contributed by atoms with Crippen molar-refractivity contribution in [3.05, 3.63) is 35.6 Å². The van der Waals surface area contributed by atoms with E-state index < -0.39 is 32.2 Å². The topological polar surface area (TPSA) is 36.9 Å². The fourth-order valence-electron chi connectivity index (χ4n) is 5.55. The average Bonchev–Trinajstić information content (AvgIpc) is 2.99. The molecule has 0 unspecified atom stereocenters. The maximum Gasteiger partial charge on any atom is 0.495 e. The van der Waals surface area contributed by atoms with Crippen molar-refractivity contribution in [2.45, 2.75) is 97.1 Å². The fraction of sp³-hybridized carbons (Fsp3) is 0.586. The van der Waals surface area contributed by atoms with Gasteiger partial charge in [0.15, 0.2) is 18.4 Å². The molecule has 0 aliphatic carbocycles. The number of fused-ring (bicyclic) bond motifs is 1. The molecule has 2 aromatic rings. The van der Waals surface area contributed by atoms with Gasteiger partial charge in [-0.3, -0.25) is 0 Å². The first-order valence-corrected chi connectivity index (χ1v) is 15.2. The van der Waals surface area contributed by atoms with Gasteiger partial charge in [-0.15, -0.1) is 5.54 Å². The van der Waals surface area contributed by atoms with Crippen LogP contribution in [0.1, 0.15) is 74.8 Å². The first kappa shape index (κ1) is 28.7. The highest BCUT2D eigenvalue weighted by Gasteiger charge is 2.52. The minimum Gasteiger partial charge on any atom is -0.464 e. The van der Waals surface area contributed by atoms with E-state index in [9.17, 15) is 0 Å². The van der Waals surface area contributed by atoms with Crippen LogP contribution < -0.4 is 10.2 Å². The van der Waals surface area contributed by atoms with Crippen molar-refractivity contribution in [2.24, 2.45) is 0 Å². The number of ether oxygens (including phenoxy) is 2. The van der Waals surface area contributed by atoms with Crippen LogP contribution in [0.3, 0.4) is 0 Å². The molecule has 2 aromatic carbocycles. The van der Waals surface area contributed by atoms with Gasteiger partial charge < -0.3 is 18.8 Å². The minimum absolute atomic E-state index is 0.0595. The minimum atomic E-state index is -1.99. The van der Waals surface area contributed by atoms with Crippen LogP contribution in [-0.4, -0.2) is 40.3 Å².